The van der Waals surface area contributed by atoms with Crippen LogP contribution in [0.3, 0.4) is 0 Å². The van der Waals surface area contributed by atoms with Gasteiger partial charge < -0.3 is 14.5 Å². The number of hydrogen-bond acceptors (Lipinski definition) is 3. The highest BCUT2D eigenvalue weighted by atomic mass is 19.4. The van der Waals surface area contributed by atoms with Crippen molar-refractivity contribution in [1.82, 2.24) is 5.32 Å². The zero-order valence-electron chi connectivity index (χ0n) is 9.59. The van der Waals surface area contributed by atoms with Gasteiger partial charge in [-0.3, -0.25) is 0 Å². The van der Waals surface area contributed by atoms with Gasteiger partial charge in [-0.25, -0.2) is 0 Å². The first-order valence-corrected chi connectivity index (χ1v) is 5.41. The van der Waals surface area contributed by atoms with Crippen LogP contribution in [0, 0.1) is 0 Å². The highest BCUT2D eigenvalue weighted by Gasteiger charge is 2.27. The van der Waals surface area contributed by atoms with Crippen molar-refractivity contribution in [2.24, 2.45) is 0 Å². The Labute approximate surface area is 97.9 Å². The summed E-state index contributed by atoms with van der Waals surface area (Å²) in [6.45, 7) is 1.35. The van der Waals surface area contributed by atoms with Gasteiger partial charge in [-0.05, 0) is 18.7 Å². The summed E-state index contributed by atoms with van der Waals surface area (Å²) in [5, 5.41) is 3.05. The van der Waals surface area contributed by atoms with Crippen LogP contribution in [0.4, 0.5) is 13.2 Å². The first-order valence-electron chi connectivity index (χ1n) is 5.41. The molecule has 3 nitrogen and oxygen atoms in total. The quantitative estimate of drug-likeness (QED) is 0.808. The van der Waals surface area contributed by atoms with Crippen molar-refractivity contribution in [2.75, 3.05) is 19.8 Å². The molecule has 0 radical (unpaired) electrons. The Morgan fingerprint density at radius 1 is 1.47 bits per heavy atom. The smallest absolute Gasteiger partial charge is 0.411 e. The third kappa shape index (κ3) is 6.33. The lowest BCUT2D eigenvalue weighted by Gasteiger charge is -2.17. The number of furan rings is 1. The molecule has 0 aliphatic rings. The van der Waals surface area contributed by atoms with Crippen LogP contribution in [0.1, 0.15) is 12.7 Å². The fraction of sp³-hybridized carbons (Fsp3) is 0.636. The fourth-order valence-electron chi connectivity index (χ4n) is 1.47. The molecule has 0 aliphatic heterocycles. The van der Waals surface area contributed by atoms with Gasteiger partial charge >= 0.3 is 6.18 Å². The van der Waals surface area contributed by atoms with Gasteiger partial charge in [-0.2, -0.15) is 13.2 Å². The molecule has 1 aromatic rings. The Hall–Kier alpha value is -1.01. The summed E-state index contributed by atoms with van der Waals surface area (Å²) in [5.41, 5.74) is 0. The highest BCUT2D eigenvalue weighted by Crippen LogP contribution is 2.14. The summed E-state index contributed by atoms with van der Waals surface area (Å²) >= 11 is 0. The molecule has 1 rings (SSSR count). The third-order valence-corrected chi connectivity index (χ3v) is 2.11. The maximum atomic E-state index is 11.9. The Morgan fingerprint density at radius 2 is 2.24 bits per heavy atom. The van der Waals surface area contributed by atoms with E-state index in [-0.39, 0.29) is 12.6 Å². The van der Waals surface area contributed by atoms with E-state index >= 15 is 0 Å². The zero-order chi connectivity index (χ0) is 12.7. The molecule has 0 aromatic carbocycles. The van der Waals surface area contributed by atoms with E-state index in [1.807, 2.05) is 6.92 Å². The van der Waals surface area contributed by atoms with Gasteiger partial charge in [0, 0.05) is 12.5 Å². The number of nitrogens with one attached hydrogen (secondary N) is 1. The Balaban J connectivity index is 2.33. The maximum Gasteiger partial charge on any atom is 0.411 e. The second-order valence-electron chi connectivity index (χ2n) is 3.67. The van der Waals surface area contributed by atoms with Crippen LogP contribution in [0.2, 0.25) is 0 Å². The van der Waals surface area contributed by atoms with E-state index in [1.54, 1.807) is 12.1 Å². The van der Waals surface area contributed by atoms with E-state index in [2.05, 4.69) is 10.1 Å². The highest BCUT2D eigenvalue weighted by molar-refractivity contribution is 5.00. The molecule has 0 aliphatic carbocycles. The minimum Gasteiger partial charge on any atom is -0.469 e. The number of alkyl halides is 3. The van der Waals surface area contributed by atoms with Crippen molar-refractivity contribution < 1.29 is 22.3 Å². The van der Waals surface area contributed by atoms with Crippen LogP contribution in [-0.2, 0) is 11.2 Å². The van der Waals surface area contributed by atoms with Crippen LogP contribution in [-0.4, -0.2) is 32.0 Å². The molecule has 1 aromatic heterocycles. The van der Waals surface area contributed by atoms with Crippen LogP contribution >= 0.6 is 0 Å². The monoisotopic (exact) mass is 251 g/mol. The first-order chi connectivity index (χ1) is 8.01. The summed E-state index contributed by atoms with van der Waals surface area (Å²) in [4.78, 5) is 0. The van der Waals surface area contributed by atoms with Crippen LogP contribution in [0.5, 0.6) is 0 Å². The van der Waals surface area contributed by atoms with E-state index in [1.165, 1.54) is 6.26 Å². The van der Waals surface area contributed by atoms with Crippen LogP contribution < -0.4 is 5.32 Å². The van der Waals surface area contributed by atoms with Gasteiger partial charge in [0.2, 0.25) is 0 Å². The molecule has 0 amide bonds. The fourth-order valence-corrected chi connectivity index (χ4v) is 1.47. The Morgan fingerprint density at radius 3 is 2.76 bits per heavy atom. The molecule has 1 N–H and O–H groups in total. The number of hydrogen-bond donors (Lipinski definition) is 1. The van der Waals surface area contributed by atoms with Gasteiger partial charge in [-0.15, -0.1) is 0 Å². The average Bonchev–Trinajstić information content (AvgIpc) is 2.68. The molecule has 0 saturated carbocycles. The number of ether oxygens (including phenoxy) is 1. The molecular formula is C11H16F3NO2. The summed E-state index contributed by atoms with van der Waals surface area (Å²) in [6, 6.07) is 3.36. The van der Waals surface area contributed by atoms with E-state index in [4.69, 9.17) is 4.42 Å². The lowest BCUT2D eigenvalue weighted by Crippen LogP contribution is -2.36. The number of rotatable bonds is 7. The van der Waals surface area contributed by atoms with Crippen LogP contribution in [0.25, 0.3) is 0 Å². The van der Waals surface area contributed by atoms with E-state index < -0.39 is 12.8 Å². The van der Waals surface area contributed by atoms with Gasteiger partial charge in [-0.1, -0.05) is 6.92 Å². The molecule has 98 valence electrons. The number of halogens is 3. The molecule has 0 bridgehead atoms. The van der Waals surface area contributed by atoms with Gasteiger partial charge in [0.15, 0.2) is 0 Å². The second-order valence-corrected chi connectivity index (χ2v) is 3.67. The van der Waals surface area contributed by atoms with Gasteiger partial charge in [0.25, 0.3) is 0 Å². The van der Waals surface area contributed by atoms with Gasteiger partial charge in [0.1, 0.15) is 12.4 Å². The molecule has 0 saturated heterocycles. The molecule has 0 fully saturated rings. The normalized spacial score (nSPS) is 13.9. The third-order valence-electron chi connectivity index (χ3n) is 2.11. The van der Waals surface area contributed by atoms with Crippen molar-refractivity contribution in [3.63, 3.8) is 0 Å². The molecule has 17 heavy (non-hydrogen) atoms. The largest absolute Gasteiger partial charge is 0.469 e. The van der Waals surface area contributed by atoms with Crippen molar-refractivity contribution in [3.05, 3.63) is 24.2 Å². The first kappa shape index (κ1) is 14.1. The summed E-state index contributed by atoms with van der Waals surface area (Å²) in [7, 11) is 0. The lowest BCUT2D eigenvalue weighted by molar-refractivity contribution is -0.175. The van der Waals surface area contributed by atoms with Gasteiger partial charge in [0.05, 0.1) is 12.9 Å². The van der Waals surface area contributed by atoms with Crippen molar-refractivity contribution in [2.45, 2.75) is 25.6 Å². The number of likely N-dealkylation sites (N-methyl/N-ethyl adjacent to an activating group) is 1. The predicted molar refractivity (Wildman–Crippen MR) is 56.8 cm³/mol. The summed E-state index contributed by atoms with van der Waals surface area (Å²) in [5.74, 6) is 0.728. The molecule has 1 atom stereocenters. The van der Waals surface area contributed by atoms with E-state index in [9.17, 15) is 13.2 Å². The van der Waals surface area contributed by atoms with E-state index in [0.29, 0.717) is 13.0 Å². The molecule has 0 spiro atoms. The lowest BCUT2D eigenvalue weighted by atomic mass is 10.2. The average molecular weight is 251 g/mol. The summed E-state index contributed by atoms with van der Waals surface area (Å²) in [6.07, 6.45) is -2.23. The van der Waals surface area contributed by atoms with Crippen molar-refractivity contribution >= 4 is 0 Å². The SMILES string of the molecule is CCNC(COCC(F)(F)F)Cc1ccco1. The van der Waals surface area contributed by atoms with Crippen LogP contribution in [0.15, 0.2) is 22.8 Å². The Kier molecular flexibility index (Phi) is 5.50. The minimum atomic E-state index is -4.28. The molecule has 6 heteroatoms. The predicted octanol–water partition coefficient (Wildman–Crippen LogP) is 2.38. The minimum absolute atomic E-state index is 0.00799. The molecule has 1 unspecified atom stereocenters. The van der Waals surface area contributed by atoms with Crippen molar-refractivity contribution in [3.8, 4) is 0 Å². The second kappa shape index (κ2) is 6.66. The molecular weight excluding hydrogens is 235 g/mol. The van der Waals surface area contributed by atoms with E-state index in [0.717, 1.165) is 5.76 Å². The topological polar surface area (TPSA) is 34.4 Å². The molecule has 1 heterocycles. The standard InChI is InChI=1S/C11H16F3NO2/c1-2-15-9(6-10-4-3-5-17-10)7-16-8-11(12,13)14/h3-5,9,15H,2,6-8H2,1H3. The van der Waals surface area contributed by atoms with Crippen molar-refractivity contribution in [1.29, 1.82) is 0 Å². The maximum absolute atomic E-state index is 11.9. The zero-order valence-corrected chi connectivity index (χ0v) is 9.59. The summed E-state index contributed by atoms with van der Waals surface area (Å²) < 4.78 is 45.5. The Bertz CT molecular complexity index is 298.